The molecular formula is C17H22N2O2S. The molecule has 1 aromatic carbocycles. The topological polar surface area (TPSA) is 46.3 Å². The standard InChI is InChI=1S/C17H22N2O2S/c1-12-16(13(2)21-18-12)9-10-17(20)19(3)11-14-5-7-15(22-4)8-6-14/h5-8H,9-11H2,1-4H3. The van der Waals surface area contributed by atoms with Crippen LogP contribution in [0.4, 0.5) is 0 Å². The molecule has 0 spiro atoms. The molecule has 0 saturated carbocycles. The second-order valence-electron chi connectivity index (χ2n) is 5.40. The van der Waals surface area contributed by atoms with E-state index in [4.69, 9.17) is 4.52 Å². The third kappa shape index (κ3) is 4.13. The quantitative estimate of drug-likeness (QED) is 0.763. The molecule has 22 heavy (non-hydrogen) atoms. The number of rotatable bonds is 6. The van der Waals surface area contributed by atoms with Gasteiger partial charge in [-0.25, -0.2) is 0 Å². The van der Waals surface area contributed by atoms with Gasteiger partial charge in [-0.15, -0.1) is 11.8 Å². The molecule has 5 heteroatoms. The summed E-state index contributed by atoms with van der Waals surface area (Å²) < 4.78 is 5.13. The molecule has 0 aliphatic carbocycles. The second kappa shape index (κ2) is 7.49. The number of carbonyl (C=O) groups excluding carboxylic acids is 1. The van der Waals surface area contributed by atoms with Gasteiger partial charge in [-0.3, -0.25) is 4.79 Å². The van der Waals surface area contributed by atoms with E-state index in [-0.39, 0.29) is 5.91 Å². The molecular weight excluding hydrogens is 296 g/mol. The molecule has 118 valence electrons. The van der Waals surface area contributed by atoms with Crippen molar-refractivity contribution in [3.05, 3.63) is 46.8 Å². The fraction of sp³-hybridized carbons (Fsp3) is 0.412. The Labute approximate surface area is 135 Å². The highest BCUT2D eigenvalue weighted by Crippen LogP contribution is 2.17. The van der Waals surface area contributed by atoms with Crippen LogP contribution in [-0.4, -0.2) is 29.3 Å². The average molecular weight is 318 g/mol. The molecule has 1 amide bonds. The van der Waals surface area contributed by atoms with E-state index in [1.165, 1.54) is 4.90 Å². The normalized spacial score (nSPS) is 10.7. The summed E-state index contributed by atoms with van der Waals surface area (Å²) in [4.78, 5) is 15.3. The fourth-order valence-electron chi connectivity index (χ4n) is 2.37. The summed E-state index contributed by atoms with van der Waals surface area (Å²) in [5.74, 6) is 0.939. The van der Waals surface area contributed by atoms with Gasteiger partial charge in [0.2, 0.25) is 5.91 Å². The Bertz CT molecular complexity index is 615. The molecule has 0 fully saturated rings. The number of aromatic nitrogens is 1. The van der Waals surface area contributed by atoms with Gasteiger partial charge in [0.05, 0.1) is 5.69 Å². The first-order valence-corrected chi connectivity index (χ1v) is 8.52. The van der Waals surface area contributed by atoms with Gasteiger partial charge >= 0.3 is 0 Å². The van der Waals surface area contributed by atoms with E-state index in [0.29, 0.717) is 19.4 Å². The van der Waals surface area contributed by atoms with Gasteiger partial charge in [0.15, 0.2) is 0 Å². The Kier molecular flexibility index (Phi) is 5.66. The van der Waals surface area contributed by atoms with E-state index in [2.05, 4.69) is 35.7 Å². The predicted molar refractivity (Wildman–Crippen MR) is 89.0 cm³/mol. The monoisotopic (exact) mass is 318 g/mol. The lowest BCUT2D eigenvalue weighted by Gasteiger charge is -2.17. The SMILES string of the molecule is CSc1ccc(CN(C)C(=O)CCc2c(C)noc2C)cc1. The second-order valence-corrected chi connectivity index (χ2v) is 6.28. The fourth-order valence-corrected chi connectivity index (χ4v) is 2.78. The smallest absolute Gasteiger partial charge is 0.222 e. The zero-order valence-corrected chi connectivity index (χ0v) is 14.4. The minimum Gasteiger partial charge on any atom is -0.361 e. The van der Waals surface area contributed by atoms with Gasteiger partial charge in [-0.2, -0.15) is 0 Å². The van der Waals surface area contributed by atoms with Crippen LogP contribution in [0, 0.1) is 13.8 Å². The van der Waals surface area contributed by atoms with E-state index in [1.807, 2.05) is 20.9 Å². The molecule has 0 radical (unpaired) electrons. The first-order chi connectivity index (χ1) is 10.5. The third-order valence-corrected chi connectivity index (χ3v) is 4.52. The summed E-state index contributed by atoms with van der Waals surface area (Å²) in [5, 5.41) is 3.92. The number of aryl methyl sites for hydroxylation is 2. The lowest BCUT2D eigenvalue weighted by molar-refractivity contribution is -0.130. The Balaban J connectivity index is 1.89. The van der Waals surface area contributed by atoms with Crippen LogP contribution in [0.5, 0.6) is 0 Å². The number of thioether (sulfide) groups is 1. The van der Waals surface area contributed by atoms with Gasteiger partial charge in [-0.05, 0) is 44.2 Å². The third-order valence-electron chi connectivity index (χ3n) is 3.77. The predicted octanol–water partition coefficient (Wildman–Crippen LogP) is 3.60. The molecule has 0 saturated heterocycles. The van der Waals surface area contributed by atoms with Crippen molar-refractivity contribution in [2.75, 3.05) is 13.3 Å². The number of hydrogen-bond donors (Lipinski definition) is 0. The number of benzene rings is 1. The molecule has 1 aromatic heterocycles. The summed E-state index contributed by atoms with van der Waals surface area (Å²) in [5.41, 5.74) is 3.07. The Hall–Kier alpha value is -1.75. The summed E-state index contributed by atoms with van der Waals surface area (Å²) in [6.45, 7) is 4.43. The highest BCUT2D eigenvalue weighted by molar-refractivity contribution is 7.98. The number of hydrogen-bond acceptors (Lipinski definition) is 4. The number of nitrogens with zero attached hydrogens (tertiary/aromatic N) is 2. The molecule has 2 rings (SSSR count). The average Bonchev–Trinajstić information content (AvgIpc) is 2.84. The molecule has 4 nitrogen and oxygen atoms in total. The molecule has 0 unspecified atom stereocenters. The Morgan fingerprint density at radius 1 is 1.27 bits per heavy atom. The lowest BCUT2D eigenvalue weighted by atomic mass is 10.1. The summed E-state index contributed by atoms with van der Waals surface area (Å²) >= 11 is 1.72. The van der Waals surface area contributed by atoms with E-state index < -0.39 is 0 Å². The first-order valence-electron chi connectivity index (χ1n) is 7.30. The van der Waals surface area contributed by atoms with Crippen molar-refractivity contribution in [2.45, 2.75) is 38.1 Å². The van der Waals surface area contributed by atoms with Crippen molar-refractivity contribution in [3.63, 3.8) is 0 Å². The minimum absolute atomic E-state index is 0.133. The van der Waals surface area contributed by atoms with Crippen molar-refractivity contribution in [3.8, 4) is 0 Å². The van der Waals surface area contributed by atoms with Gasteiger partial charge in [0.1, 0.15) is 5.76 Å². The van der Waals surface area contributed by atoms with Gasteiger partial charge in [0, 0.05) is 30.5 Å². The number of amides is 1. The maximum absolute atomic E-state index is 12.3. The van der Waals surface area contributed by atoms with Crippen LogP contribution in [-0.2, 0) is 17.8 Å². The zero-order chi connectivity index (χ0) is 16.1. The van der Waals surface area contributed by atoms with E-state index >= 15 is 0 Å². The van der Waals surface area contributed by atoms with E-state index in [0.717, 1.165) is 22.6 Å². The van der Waals surface area contributed by atoms with Crippen LogP contribution >= 0.6 is 11.8 Å². The molecule has 0 aliphatic rings. The Morgan fingerprint density at radius 2 is 1.95 bits per heavy atom. The maximum atomic E-state index is 12.3. The molecule has 2 aromatic rings. The molecule has 1 heterocycles. The van der Waals surface area contributed by atoms with Crippen LogP contribution in [0.1, 0.15) is 29.0 Å². The molecule has 0 N–H and O–H groups in total. The van der Waals surface area contributed by atoms with Gasteiger partial charge in [0.25, 0.3) is 0 Å². The van der Waals surface area contributed by atoms with E-state index in [9.17, 15) is 4.79 Å². The van der Waals surface area contributed by atoms with Crippen LogP contribution in [0.3, 0.4) is 0 Å². The first kappa shape index (κ1) is 16.6. The van der Waals surface area contributed by atoms with Crippen LogP contribution in [0.15, 0.2) is 33.7 Å². The maximum Gasteiger partial charge on any atom is 0.222 e. The van der Waals surface area contributed by atoms with Crippen molar-refractivity contribution in [2.24, 2.45) is 0 Å². The van der Waals surface area contributed by atoms with Crippen molar-refractivity contribution < 1.29 is 9.32 Å². The molecule has 0 atom stereocenters. The molecule has 0 aliphatic heterocycles. The van der Waals surface area contributed by atoms with Crippen LogP contribution in [0.25, 0.3) is 0 Å². The summed E-state index contributed by atoms with van der Waals surface area (Å²) in [7, 11) is 1.85. The molecule has 0 bridgehead atoms. The Morgan fingerprint density at radius 3 is 2.50 bits per heavy atom. The summed E-state index contributed by atoms with van der Waals surface area (Å²) in [6, 6.07) is 8.32. The largest absolute Gasteiger partial charge is 0.361 e. The minimum atomic E-state index is 0.133. The summed E-state index contributed by atoms with van der Waals surface area (Å²) in [6.07, 6.45) is 3.21. The van der Waals surface area contributed by atoms with Crippen molar-refractivity contribution in [1.29, 1.82) is 0 Å². The number of carbonyl (C=O) groups is 1. The van der Waals surface area contributed by atoms with Crippen molar-refractivity contribution >= 4 is 17.7 Å². The van der Waals surface area contributed by atoms with Crippen LogP contribution in [0.2, 0.25) is 0 Å². The highest BCUT2D eigenvalue weighted by Gasteiger charge is 2.14. The van der Waals surface area contributed by atoms with Gasteiger partial charge < -0.3 is 9.42 Å². The zero-order valence-electron chi connectivity index (χ0n) is 13.5. The van der Waals surface area contributed by atoms with Gasteiger partial charge in [-0.1, -0.05) is 17.3 Å². The highest BCUT2D eigenvalue weighted by atomic mass is 32.2. The van der Waals surface area contributed by atoms with Crippen LogP contribution < -0.4 is 0 Å². The van der Waals surface area contributed by atoms with Crippen molar-refractivity contribution in [1.82, 2.24) is 10.1 Å². The van der Waals surface area contributed by atoms with E-state index in [1.54, 1.807) is 16.7 Å². The lowest BCUT2D eigenvalue weighted by Crippen LogP contribution is -2.26.